The molecule has 0 spiro atoms. The zero-order valence-corrected chi connectivity index (χ0v) is 32.6. The molecule has 5 aromatic rings. The van der Waals surface area contributed by atoms with E-state index in [1.165, 1.54) is 56.0 Å². The first-order valence-electron chi connectivity index (χ1n) is 16.5. The van der Waals surface area contributed by atoms with Crippen LogP contribution in [0.15, 0.2) is 90.7 Å². The van der Waals surface area contributed by atoms with Gasteiger partial charge in [0, 0.05) is 47.8 Å². The van der Waals surface area contributed by atoms with Crippen molar-refractivity contribution < 1.29 is 30.0 Å². The minimum absolute atomic E-state index is 0. The Bertz CT molecular complexity index is 2020. The number of aliphatic hydroxyl groups excluding tert-OH is 1. The molecule has 1 aliphatic rings. The Labute approximate surface area is 300 Å². The van der Waals surface area contributed by atoms with E-state index in [1.807, 2.05) is 41.5 Å². The second-order valence-corrected chi connectivity index (χ2v) is 15.7. The molecule has 1 radical (unpaired) electrons. The molecule has 0 saturated carbocycles. The summed E-state index contributed by atoms with van der Waals surface area (Å²) in [6.07, 6.45) is 1.33. The Hall–Kier alpha value is -3.85. The third-order valence-corrected chi connectivity index (χ3v) is 9.04. The summed E-state index contributed by atoms with van der Waals surface area (Å²) < 4.78 is 0. The van der Waals surface area contributed by atoms with Gasteiger partial charge in [-0.05, 0) is 58.1 Å². The number of hydrogen-bond donors (Lipinski definition) is 1. The van der Waals surface area contributed by atoms with Crippen molar-refractivity contribution in [2.45, 2.75) is 81.6 Å². The Morgan fingerprint density at radius 2 is 1.44 bits per heavy atom. The number of carbonyl (C=O) groups is 1. The Balaban J connectivity index is 0.000000319. The summed E-state index contributed by atoms with van der Waals surface area (Å²) in [7, 11) is 0. The molecule has 0 atom stereocenters. The minimum atomic E-state index is -0.417. The normalized spacial score (nSPS) is 13.6. The van der Waals surface area contributed by atoms with E-state index in [-0.39, 0.29) is 42.5 Å². The number of aliphatic hydroxyl groups is 1. The molecule has 0 bridgehead atoms. The molecule has 0 fully saturated rings. The van der Waals surface area contributed by atoms with Crippen LogP contribution in [0.5, 0.6) is 0 Å². The van der Waals surface area contributed by atoms with Gasteiger partial charge in [0.15, 0.2) is 5.78 Å². The molecule has 48 heavy (non-hydrogen) atoms. The van der Waals surface area contributed by atoms with Gasteiger partial charge < -0.3 is 5.11 Å². The van der Waals surface area contributed by atoms with Crippen molar-refractivity contribution in [1.29, 1.82) is 0 Å². The maximum Gasteiger partial charge on any atom is 0.164 e. The molecule has 4 aromatic carbocycles. The number of rotatable bonds is 3. The summed E-state index contributed by atoms with van der Waals surface area (Å²) in [5.41, 5.74) is 13.7. The number of fused-ring (bicyclic) bond motifs is 4. The van der Waals surface area contributed by atoms with E-state index in [4.69, 9.17) is 4.98 Å². The predicted octanol–water partition coefficient (Wildman–Crippen LogP) is 11.7. The topological polar surface area (TPSA) is 50.2 Å². The van der Waals surface area contributed by atoms with Gasteiger partial charge in [0.1, 0.15) is 5.76 Å². The zero-order chi connectivity index (χ0) is 34.5. The van der Waals surface area contributed by atoms with Crippen molar-refractivity contribution in [2.24, 2.45) is 10.8 Å². The first kappa shape index (κ1) is 37.0. The van der Waals surface area contributed by atoms with Crippen molar-refractivity contribution in [2.75, 3.05) is 0 Å². The van der Waals surface area contributed by atoms with Gasteiger partial charge in [0.2, 0.25) is 0 Å². The number of allylic oxidation sites excluding steroid dienone is 2. The molecule has 251 valence electrons. The minimum Gasteiger partial charge on any atom is -0.512 e. The molecule has 1 aliphatic carbocycles. The molecule has 0 saturated heterocycles. The van der Waals surface area contributed by atoms with Gasteiger partial charge >= 0.3 is 0 Å². The summed E-state index contributed by atoms with van der Waals surface area (Å²) >= 11 is 0. The van der Waals surface area contributed by atoms with Crippen LogP contribution in [0, 0.1) is 37.7 Å². The second kappa shape index (κ2) is 13.6. The van der Waals surface area contributed by atoms with E-state index < -0.39 is 5.41 Å². The smallest absolute Gasteiger partial charge is 0.164 e. The number of hydrogen-bond acceptors (Lipinski definition) is 3. The third-order valence-electron chi connectivity index (χ3n) is 9.04. The largest absolute Gasteiger partial charge is 0.512 e. The van der Waals surface area contributed by atoms with Crippen LogP contribution in [0.1, 0.15) is 83.2 Å². The number of aryl methyl sites for hydroxylation is 3. The number of nitrogens with zero attached hydrogens (tertiary/aromatic N) is 1. The molecule has 4 heteroatoms. The van der Waals surface area contributed by atoms with E-state index >= 15 is 0 Å². The SMILES string of the molecule is CC(C)(C)C(=O)/C=C(\O)C(C)(C)C.Cc1[c-]c(-c2cc(-c3cccc(C)c3)c3cc4c(cc3n2)C(C)(C)c2ccccc2-4)cc(C)c1.[Ir]. The monoisotopic (exact) mass is 815 g/mol. The fourth-order valence-corrected chi connectivity index (χ4v) is 6.20. The van der Waals surface area contributed by atoms with E-state index in [2.05, 4.69) is 120 Å². The van der Waals surface area contributed by atoms with Crippen LogP contribution in [0.3, 0.4) is 0 Å². The van der Waals surface area contributed by atoms with Gasteiger partial charge in [-0.1, -0.05) is 129 Å². The van der Waals surface area contributed by atoms with Crippen LogP contribution in [-0.4, -0.2) is 15.9 Å². The van der Waals surface area contributed by atoms with Crippen LogP contribution in [0.4, 0.5) is 0 Å². The van der Waals surface area contributed by atoms with Crippen LogP contribution in [0.25, 0.3) is 44.4 Å². The maximum absolute atomic E-state index is 11.5. The first-order chi connectivity index (χ1) is 21.9. The second-order valence-electron chi connectivity index (χ2n) is 15.7. The van der Waals surface area contributed by atoms with E-state index in [0.717, 1.165) is 22.3 Å². The van der Waals surface area contributed by atoms with Crippen molar-refractivity contribution in [3.8, 4) is 33.5 Å². The van der Waals surface area contributed by atoms with Crippen molar-refractivity contribution >= 4 is 16.7 Å². The van der Waals surface area contributed by atoms with Crippen molar-refractivity contribution in [1.82, 2.24) is 4.98 Å². The molecule has 0 aliphatic heterocycles. The average Bonchev–Trinajstić information content (AvgIpc) is 3.20. The summed E-state index contributed by atoms with van der Waals surface area (Å²) in [5, 5.41) is 10.8. The van der Waals surface area contributed by atoms with Gasteiger partial charge in [0.05, 0.1) is 5.52 Å². The van der Waals surface area contributed by atoms with Crippen LogP contribution < -0.4 is 0 Å². The molecule has 1 aromatic heterocycles. The van der Waals surface area contributed by atoms with Gasteiger partial charge in [-0.25, -0.2) is 0 Å². The summed E-state index contributed by atoms with van der Waals surface area (Å²) in [6.45, 7) is 22.2. The molecule has 0 unspecified atom stereocenters. The van der Waals surface area contributed by atoms with Crippen LogP contribution in [0.2, 0.25) is 0 Å². The van der Waals surface area contributed by atoms with Crippen LogP contribution in [-0.2, 0) is 30.3 Å². The van der Waals surface area contributed by atoms with E-state index in [9.17, 15) is 9.90 Å². The molecule has 0 amide bonds. The van der Waals surface area contributed by atoms with Crippen molar-refractivity contribution in [3.63, 3.8) is 0 Å². The number of pyridine rings is 1. The fourth-order valence-electron chi connectivity index (χ4n) is 6.20. The Morgan fingerprint density at radius 1 is 0.750 bits per heavy atom. The van der Waals surface area contributed by atoms with E-state index in [1.54, 1.807) is 0 Å². The molecule has 3 nitrogen and oxygen atoms in total. The third kappa shape index (κ3) is 7.56. The predicted molar refractivity (Wildman–Crippen MR) is 198 cm³/mol. The molecule has 1 N–H and O–H groups in total. The maximum atomic E-state index is 11.5. The summed E-state index contributed by atoms with van der Waals surface area (Å²) in [4.78, 5) is 16.7. The molecular weight excluding hydrogens is 767 g/mol. The summed E-state index contributed by atoms with van der Waals surface area (Å²) in [5.74, 6) is 0.104. The Kier molecular flexibility index (Phi) is 10.5. The first-order valence-corrected chi connectivity index (χ1v) is 16.5. The number of ketones is 1. The van der Waals surface area contributed by atoms with Gasteiger partial charge in [0.25, 0.3) is 0 Å². The molecular formula is C44H48IrNO2-. The van der Waals surface area contributed by atoms with Crippen molar-refractivity contribution in [3.05, 3.63) is 125 Å². The number of benzene rings is 4. The van der Waals surface area contributed by atoms with Gasteiger partial charge in [-0.2, -0.15) is 0 Å². The number of aromatic nitrogens is 1. The summed E-state index contributed by atoms with van der Waals surface area (Å²) in [6, 6.07) is 32.4. The quantitative estimate of drug-likeness (QED) is 0.112. The average molecular weight is 815 g/mol. The van der Waals surface area contributed by atoms with E-state index in [0.29, 0.717) is 0 Å². The zero-order valence-electron chi connectivity index (χ0n) is 30.2. The van der Waals surface area contributed by atoms with Gasteiger partial charge in [-0.15, -0.1) is 34.9 Å². The fraction of sp³-hybridized carbons (Fsp3) is 0.318. The van der Waals surface area contributed by atoms with Crippen LogP contribution >= 0.6 is 0 Å². The molecule has 6 rings (SSSR count). The van der Waals surface area contributed by atoms with Gasteiger partial charge in [-0.3, -0.25) is 9.78 Å². The Morgan fingerprint density at radius 3 is 2.06 bits per heavy atom. The molecule has 1 heterocycles. The number of carbonyl (C=O) groups excluding carboxylic acids is 1. The standard InChI is InChI=1S/C33H28N.C11H20O2.Ir/c1-20-9-8-10-23(14-20)26-18-31(24-15-21(2)13-22(3)16-24)34-32-19-30-27(17-28(26)32)25-11-6-7-12-29(25)33(30,4)5;1-10(2,3)8(12)7-9(13)11(4,5)6;/h6-15,17-19H,1-5H3;7,12H,1-6H3;/q-1;;/b;8-7-;.